The lowest BCUT2D eigenvalue weighted by Gasteiger charge is -2.08. The van der Waals surface area contributed by atoms with E-state index in [2.05, 4.69) is 26.2 Å². The number of benzene rings is 1. The van der Waals surface area contributed by atoms with Crippen molar-refractivity contribution in [3.05, 3.63) is 44.3 Å². The first-order chi connectivity index (χ1) is 8.56. The highest BCUT2D eigenvalue weighted by molar-refractivity contribution is 9.10. The van der Waals surface area contributed by atoms with E-state index in [0.717, 1.165) is 32.8 Å². The van der Waals surface area contributed by atoms with Gasteiger partial charge in [0.05, 0.1) is 12.2 Å². The summed E-state index contributed by atoms with van der Waals surface area (Å²) in [6, 6.07) is 5.95. The largest absolute Gasteiger partial charge is 0.476 e. The van der Waals surface area contributed by atoms with Crippen LogP contribution < -0.4 is 5.32 Å². The van der Waals surface area contributed by atoms with Crippen LogP contribution in [-0.4, -0.2) is 16.1 Å². The number of hydrogen-bond acceptors (Lipinski definition) is 4. The Morgan fingerprint density at radius 2 is 2.33 bits per heavy atom. The maximum atomic E-state index is 10.7. The number of anilines is 1. The standard InChI is InChI=1S/C12H11BrN2O2S/c1-7-4-8(13)2-3-10(7)14-5-9-6-18-11(15-9)12(16)17/h2-4,6,14H,5H2,1H3,(H,16,17). The summed E-state index contributed by atoms with van der Waals surface area (Å²) < 4.78 is 1.03. The molecule has 0 saturated heterocycles. The predicted molar refractivity (Wildman–Crippen MR) is 75.3 cm³/mol. The molecular formula is C12H11BrN2O2S. The Morgan fingerprint density at radius 3 is 2.94 bits per heavy atom. The van der Waals surface area contributed by atoms with Crippen LogP contribution in [0.4, 0.5) is 5.69 Å². The van der Waals surface area contributed by atoms with E-state index in [-0.39, 0.29) is 5.01 Å². The SMILES string of the molecule is Cc1cc(Br)ccc1NCc1csc(C(=O)O)n1. The van der Waals surface area contributed by atoms with E-state index in [4.69, 9.17) is 5.11 Å². The van der Waals surface area contributed by atoms with E-state index in [1.807, 2.05) is 25.1 Å². The van der Waals surface area contributed by atoms with Gasteiger partial charge < -0.3 is 10.4 Å². The van der Waals surface area contributed by atoms with Gasteiger partial charge in [-0.3, -0.25) is 0 Å². The van der Waals surface area contributed by atoms with Crippen LogP contribution in [0, 0.1) is 6.92 Å². The number of thiazole rings is 1. The maximum absolute atomic E-state index is 10.7. The molecule has 0 bridgehead atoms. The summed E-state index contributed by atoms with van der Waals surface area (Å²) in [5.74, 6) is -0.980. The first-order valence-corrected chi connectivity index (χ1v) is 6.91. The highest BCUT2D eigenvalue weighted by Gasteiger charge is 2.08. The molecule has 0 saturated carbocycles. The normalized spacial score (nSPS) is 10.3. The molecule has 2 rings (SSSR count). The number of aromatic nitrogens is 1. The first-order valence-electron chi connectivity index (χ1n) is 5.24. The second kappa shape index (κ2) is 5.49. The molecule has 0 aliphatic carbocycles. The summed E-state index contributed by atoms with van der Waals surface area (Å²) in [5.41, 5.74) is 2.88. The fourth-order valence-electron chi connectivity index (χ4n) is 1.50. The van der Waals surface area contributed by atoms with Crippen molar-refractivity contribution < 1.29 is 9.90 Å². The van der Waals surface area contributed by atoms with Crippen molar-refractivity contribution in [1.29, 1.82) is 0 Å². The highest BCUT2D eigenvalue weighted by Crippen LogP contribution is 2.21. The third kappa shape index (κ3) is 3.08. The van der Waals surface area contributed by atoms with Crippen molar-refractivity contribution in [2.24, 2.45) is 0 Å². The van der Waals surface area contributed by atoms with Gasteiger partial charge in [-0.15, -0.1) is 11.3 Å². The average molecular weight is 327 g/mol. The molecule has 2 aromatic rings. The van der Waals surface area contributed by atoms with Gasteiger partial charge in [-0.1, -0.05) is 15.9 Å². The molecular weight excluding hydrogens is 316 g/mol. The molecule has 0 radical (unpaired) electrons. The summed E-state index contributed by atoms with van der Waals surface area (Å²) in [6.45, 7) is 2.53. The van der Waals surface area contributed by atoms with Crippen LogP contribution in [0.5, 0.6) is 0 Å². The molecule has 1 heterocycles. The molecule has 0 fully saturated rings. The molecule has 6 heteroatoms. The van der Waals surface area contributed by atoms with Crippen LogP contribution in [0.25, 0.3) is 0 Å². The quantitative estimate of drug-likeness (QED) is 0.902. The molecule has 18 heavy (non-hydrogen) atoms. The zero-order valence-corrected chi connectivity index (χ0v) is 12.0. The maximum Gasteiger partial charge on any atom is 0.365 e. The third-order valence-electron chi connectivity index (χ3n) is 2.38. The van der Waals surface area contributed by atoms with Gasteiger partial charge in [0.2, 0.25) is 5.01 Å². The van der Waals surface area contributed by atoms with Crippen molar-refractivity contribution in [3.63, 3.8) is 0 Å². The van der Waals surface area contributed by atoms with Crippen LogP contribution >= 0.6 is 27.3 Å². The zero-order valence-electron chi connectivity index (χ0n) is 9.61. The predicted octanol–water partition coefficient (Wildman–Crippen LogP) is 3.52. The number of nitrogens with zero attached hydrogens (tertiary/aromatic N) is 1. The van der Waals surface area contributed by atoms with Crippen molar-refractivity contribution in [1.82, 2.24) is 4.98 Å². The Morgan fingerprint density at radius 1 is 1.56 bits per heavy atom. The number of carboxylic acids is 1. The van der Waals surface area contributed by atoms with Crippen LogP contribution in [0.15, 0.2) is 28.1 Å². The minimum atomic E-state index is -0.980. The lowest BCUT2D eigenvalue weighted by Crippen LogP contribution is -2.02. The number of carbonyl (C=O) groups is 1. The topological polar surface area (TPSA) is 62.2 Å². The van der Waals surface area contributed by atoms with E-state index in [1.165, 1.54) is 0 Å². The van der Waals surface area contributed by atoms with Crippen LogP contribution in [-0.2, 0) is 6.54 Å². The number of nitrogens with one attached hydrogen (secondary N) is 1. The number of hydrogen-bond donors (Lipinski definition) is 2. The van der Waals surface area contributed by atoms with E-state index in [9.17, 15) is 4.79 Å². The summed E-state index contributed by atoms with van der Waals surface area (Å²) in [4.78, 5) is 14.7. The third-order valence-corrected chi connectivity index (χ3v) is 3.76. The number of halogens is 1. The molecule has 0 aliphatic heterocycles. The number of rotatable bonds is 4. The highest BCUT2D eigenvalue weighted by atomic mass is 79.9. The van der Waals surface area contributed by atoms with Gasteiger partial charge in [-0.2, -0.15) is 0 Å². The number of aryl methyl sites for hydroxylation is 1. The van der Waals surface area contributed by atoms with Gasteiger partial charge in [0.15, 0.2) is 0 Å². The van der Waals surface area contributed by atoms with Gasteiger partial charge in [0.25, 0.3) is 0 Å². The minimum Gasteiger partial charge on any atom is -0.476 e. The molecule has 1 aromatic carbocycles. The van der Waals surface area contributed by atoms with E-state index in [0.29, 0.717) is 6.54 Å². The number of aromatic carboxylic acids is 1. The smallest absolute Gasteiger partial charge is 0.365 e. The Balaban J connectivity index is 2.04. The Kier molecular flexibility index (Phi) is 3.98. The van der Waals surface area contributed by atoms with Gasteiger partial charge in [0.1, 0.15) is 0 Å². The molecule has 0 aliphatic rings. The summed E-state index contributed by atoms with van der Waals surface area (Å²) >= 11 is 4.55. The van der Waals surface area contributed by atoms with Crippen molar-refractivity contribution in [2.75, 3.05) is 5.32 Å². The molecule has 0 atom stereocenters. The van der Waals surface area contributed by atoms with E-state index in [1.54, 1.807) is 5.38 Å². The van der Waals surface area contributed by atoms with Crippen LogP contribution in [0.1, 0.15) is 21.1 Å². The molecule has 4 nitrogen and oxygen atoms in total. The van der Waals surface area contributed by atoms with Crippen molar-refractivity contribution >= 4 is 38.9 Å². The summed E-state index contributed by atoms with van der Waals surface area (Å²) in [7, 11) is 0. The molecule has 0 amide bonds. The molecule has 1 aromatic heterocycles. The number of carboxylic acid groups (broad SMARTS) is 1. The van der Waals surface area contributed by atoms with Gasteiger partial charge >= 0.3 is 5.97 Å². The van der Waals surface area contributed by atoms with Gasteiger partial charge in [-0.05, 0) is 30.7 Å². The monoisotopic (exact) mass is 326 g/mol. The minimum absolute atomic E-state index is 0.124. The van der Waals surface area contributed by atoms with E-state index < -0.39 is 5.97 Å². The fraction of sp³-hybridized carbons (Fsp3) is 0.167. The Bertz CT molecular complexity index is 583. The van der Waals surface area contributed by atoms with E-state index >= 15 is 0 Å². The zero-order chi connectivity index (χ0) is 13.1. The summed E-state index contributed by atoms with van der Waals surface area (Å²) in [5, 5.41) is 13.9. The molecule has 0 spiro atoms. The average Bonchev–Trinajstić information content (AvgIpc) is 2.76. The molecule has 0 unspecified atom stereocenters. The first kappa shape index (κ1) is 13.0. The Labute approximate surface area is 117 Å². The lowest BCUT2D eigenvalue weighted by atomic mass is 10.2. The molecule has 94 valence electrons. The summed E-state index contributed by atoms with van der Waals surface area (Å²) in [6.07, 6.45) is 0. The molecule has 2 N–H and O–H groups in total. The van der Waals surface area contributed by atoms with Crippen LogP contribution in [0.3, 0.4) is 0 Å². The van der Waals surface area contributed by atoms with Gasteiger partial charge in [-0.25, -0.2) is 9.78 Å². The van der Waals surface area contributed by atoms with Crippen molar-refractivity contribution in [2.45, 2.75) is 13.5 Å². The second-order valence-corrected chi connectivity index (χ2v) is 5.54. The van der Waals surface area contributed by atoms with Crippen molar-refractivity contribution in [3.8, 4) is 0 Å². The second-order valence-electron chi connectivity index (χ2n) is 3.76. The Hall–Kier alpha value is -1.40. The lowest BCUT2D eigenvalue weighted by molar-refractivity contribution is 0.0696. The fourth-order valence-corrected chi connectivity index (χ4v) is 2.63. The van der Waals surface area contributed by atoms with Gasteiger partial charge in [0, 0.05) is 15.5 Å². The van der Waals surface area contributed by atoms with Crippen LogP contribution in [0.2, 0.25) is 0 Å².